The Morgan fingerprint density at radius 2 is 2.19 bits per heavy atom. The summed E-state index contributed by atoms with van der Waals surface area (Å²) in [6, 6.07) is 9.14. The summed E-state index contributed by atoms with van der Waals surface area (Å²) in [5.74, 6) is 0.126. The van der Waals surface area contributed by atoms with Gasteiger partial charge in [-0.05, 0) is 37.9 Å². The molecule has 2 N–H and O–H groups in total. The normalized spacial score (nSPS) is 29.7. The summed E-state index contributed by atoms with van der Waals surface area (Å²) in [5, 5.41) is 6.63. The first-order valence-corrected chi connectivity index (χ1v) is 7.94. The largest absolute Gasteiger partial charge is 0.353 e. The second-order valence-electron chi connectivity index (χ2n) is 6.44. The number of nitrogens with one attached hydrogen (secondary N) is 2. The lowest BCUT2D eigenvalue weighted by Crippen LogP contribution is -2.49. The highest BCUT2D eigenvalue weighted by molar-refractivity contribution is 5.85. The third-order valence-corrected chi connectivity index (χ3v) is 4.97. The molecule has 0 radical (unpaired) electrons. The van der Waals surface area contributed by atoms with E-state index in [1.165, 1.54) is 11.1 Å². The van der Waals surface area contributed by atoms with Gasteiger partial charge in [-0.15, -0.1) is 0 Å². The van der Waals surface area contributed by atoms with Crippen molar-refractivity contribution in [1.82, 2.24) is 15.5 Å². The molecule has 1 aromatic rings. The van der Waals surface area contributed by atoms with E-state index in [0.717, 1.165) is 32.5 Å². The van der Waals surface area contributed by atoms with Crippen LogP contribution in [-0.4, -0.2) is 43.0 Å². The second kappa shape index (κ2) is 6.16. The van der Waals surface area contributed by atoms with Crippen LogP contribution in [0.1, 0.15) is 36.8 Å². The van der Waals surface area contributed by atoms with E-state index in [9.17, 15) is 4.79 Å². The maximum Gasteiger partial charge on any atom is 0.229 e. The zero-order valence-electron chi connectivity index (χ0n) is 12.9. The van der Waals surface area contributed by atoms with E-state index >= 15 is 0 Å². The molecule has 114 valence electrons. The summed E-state index contributed by atoms with van der Waals surface area (Å²) < 4.78 is 0. The van der Waals surface area contributed by atoms with Crippen molar-refractivity contribution in [3.63, 3.8) is 0 Å². The Bertz CT molecular complexity index is 517. The molecule has 3 rings (SSSR count). The number of amides is 1. The van der Waals surface area contributed by atoms with Gasteiger partial charge < -0.3 is 15.5 Å². The average Bonchev–Trinajstić information content (AvgIpc) is 2.50. The number of carbonyl (C=O) groups excluding carboxylic acids is 1. The predicted octanol–water partition coefficient (Wildman–Crippen LogP) is 1.47. The Kier molecular flexibility index (Phi) is 4.27. The first-order chi connectivity index (χ1) is 10.1. The topological polar surface area (TPSA) is 44.4 Å². The monoisotopic (exact) mass is 287 g/mol. The number of likely N-dealkylation sites (tertiary alicyclic amines) is 1. The molecule has 4 heteroatoms. The third kappa shape index (κ3) is 3.11. The Balaban J connectivity index is 1.67. The molecular formula is C17H25N3O. The van der Waals surface area contributed by atoms with Gasteiger partial charge in [0.05, 0.1) is 5.92 Å². The van der Waals surface area contributed by atoms with Gasteiger partial charge in [-0.2, -0.15) is 0 Å². The fourth-order valence-corrected chi connectivity index (χ4v) is 3.45. The minimum absolute atomic E-state index is 0.0510. The lowest BCUT2D eigenvalue weighted by Gasteiger charge is -2.36. The number of carbonyl (C=O) groups is 1. The van der Waals surface area contributed by atoms with Gasteiger partial charge in [0.25, 0.3) is 0 Å². The molecule has 0 bridgehead atoms. The summed E-state index contributed by atoms with van der Waals surface area (Å²) in [5.41, 5.74) is 2.44. The van der Waals surface area contributed by atoms with Crippen molar-refractivity contribution in [3.8, 4) is 0 Å². The van der Waals surface area contributed by atoms with Crippen molar-refractivity contribution < 1.29 is 4.79 Å². The van der Waals surface area contributed by atoms with Gasteiger partial charge in [0.15, 0.2) is 0 Å². The quantitative estimate of drug-likeness (QED) is 0.866. The van der Waals surface area contributed by atoms with Crippen LogP contribution >= 0.6 is 0 Å². The fourth-order valence-electron chi connectivity index (χ4n) is 3.45. The predicted molar refractivity (Wildman–Crippen MR) is 84.1 cm³/mol. The van der Waals surface area contributed by atoms with Crippen molar-refractivity contribution in [1.29, 1.82) is 0 Å². The number of hydrogen-bond acceptors (Lipinski definition) is 3. The lowest BCUT2D eigenvalue weighted by atomic mass is 9.89. The van der Waals surface area contributed by atoms with Crippen LogP contribution in [0.4, 0.5) is 0 Å². The molecule has 1 amide bonds. The number of hydrogen-bond donors (Lipinski definition) is 2. The van der Waals surface area contributed by atoms with Crippen molar-refractivity contribution >= 4 is 5.91 Å². The highest BCUT2D eigenvalue weighted by Gasteiger charge is 2.29. The van der Waals surface area contributed by atoms with Gasteiger partial charge in [-0.3, -0.25) is 4.79 Å². The Labute approximate surface area is 126 Å². The van der Waals surface area contributed by atoms with E-state index in [4.69, 9.17) is 0 Å². The van der Waals surface area contributed by atoms with Crippen LogP contribution in [0.5, 0.6) is 0 Å². The van der Waals surface area contributed by atoms with Crippen LogP contribution in [0.25, 0.3) is 0 Å². The lowest BCUT2D eigenvalue weighted by molar-refractivity contribution is -0.123. The van der Waals surface area contributed by atoms with Crippen LogP contribution in [-0.2, 0) is 11.3 Å². The Hall–Kier alpha value is -1.39. The molecule has 1 saturated heterocycles. The average molecular weight is 287 g/mol. The molecule has 2 aliphatic rings. The van der Waals surface area contributed by atoms with Crippen molar-refractivity contribution in [2.24, 2.45) is 0 Å². The van der Waals surface area contributed by atoms with Crippen LogP contribution in [0.2, 0.25) is 0 Å². The number of rotatable bonds is 2. The molecule has 4 nitrogen and oxygen atoms in total. The standard InChI is InChI=1S/C17H25N3O/c1-12-9-14(7-8-20(12)2)19-17(21)16-11-18-10-13-5-3-4-6-15(13)16/h3-6,12,14,16,18H,7-11H2,1-2H3,(H,19,21). The van der Waals surface area contributed by atoms with Crippen LogP contribution in [0, 0.1) is 0 Å². The molecule has 0 saturated carbocycles. The highest BCUT2D eigenvalue weighted by atomic mass is 16.2. The van der Waals surface area contributed by atoms with E-state index in [1.54, 1.807) is 0 Å². The molecule has 1 aromatic carbocycles. The van der Waals surface area contributed by atoms with E-state index < -0.39 is 0 Å². The number of piperidine rings is 1. The molecule has 2 heterocycles. The van der Waals surface area contributed by atoms with E-state index in [0.29, 0.717) is 12.1 Å². The molecule has 0 aromatic heterocycles. The maximum atomic E-state index is 12.7. The summed E-state index contributed by atoms with van der Waals surface area (Å²) in [7, 11) is 2.16. The molecular weight excluding hydrogens is 262 g/mol. The SMILES string of the molecule is CC1CC(NC(=O)C2CNCc3ccccc32)CCN1C. The Morgan fingerprint density at radius 1 is 1.38 bits per heavy atom. The number of fused-ring (bicyclic) bond motifs is 1. The first-order valence-electron chi connectivity index (χ1n) is 7.94. The molecule has 21 heavy (non-hydrogen) atoms. The summed E-state index contributed by atoms with van der Waals surface area (Å²) in [6.07, 6.45) is 2.10. The molecule has 3 unspecified atom stereocenters. The van der Waals surface area contributed by atoms with Crippen LogP contribution < -0.4 is 10.6 Å². The second-order valence-corrected chi connectivity index (χ2v) is 6.44. The van der Waals surface area contributed by atoms with Crippen LogP contribution in [0.3, 0.4) is 0 Å². The van der Waals surface area contributed by atoms with Gasteiger partial charge >= 0.3 is 0 Å². The van der Waals surface area contributed by atoms with E-state index in [-0.39, 0.29) is 11.8 Å². The number of benzene rings is 1. The fraction of sp³-hybridized carbons (Fsp3) is 0.588. The van der Waals surface area contributed by atoms with E-state index in [1.807, 2.05) is 12.1 Å². The molecule has 2 aliphatic heterocycles. The summed E-state index contributed by atoms with van der Waals surface area (Å²) in [6.45, 7) is 4.90. The minimum atomic E-state index is -0.0510. The first kappa shape index (κ1) is 14.5. The van der Waals surface area contributed by atoms with Crippen molar-refractivity contribution in [2.45, 2.75) is 44.3 Å². The Morgan fingerprint density at radius 3 is 3.00 bits per heavy atom. The summed E-state index contributed by atoms with van der Waals surface area (Å²) in [4.78, 5) is 15.0. The van der Waals surface area contributed by atoms with Gasteiger partial charge in [0.2, 0.25) is 5.91 Å². The zero-order valence-corrected chi connectivity index (χ0v) is 12.9. The minimum Gasteiger partial charge on any atom is -0.353 e. The molecule has 0 spiro atoms. The zero-order chi connectivity index (χ0) is 14.8. The van der Waals surface area contributed by atoms with Gasteiger partial charge in [0.1, 0.15) is 0 Å². The number of nitrogens with zero attached hydrogens (tertiary/aromatic N) is 1. The molecule has 0 aliphatic carbocycles. The smallest absolute Gasteiger partial charge is 0.229 e. The third-order valence-electron chi connectivity index (χ3n) is 4.97. The van der Waals surface area contributed by atoms with Gasteiger partial charge in [0, 0.05) is 31.7 Å². The van der Waals surface area contributed by atoms with Crippen LogP contribution in [0.15, 0.2) is 24.3 Å². The molecule has 3 atom stereocenters. The summed E-state index contributed by atoms with van der Waals surface area (Å²) >= 11 is 0. The maximum absolute atomic E-state index is 12.7. The van der Waals surface area contributed by atoms with Gasteiger partial charge in [-0.25, -0.2) is 0 Å². The highest BCUT2D eigenvalue weighted by Crippen LogP contribution is 2.25. The van der Waals surface area contributed by atoms with E-state index in [2.05, 4.69) is 41.6 Å². The molecule has 1 fully saturated rings. The van der Waals surface area contributed by atoms with Gasteiger partial charge in [-0.1, -0.05) is 24.3 Å². The van der Waals surface area contributed by atoms with Crippen molar-refractivity contribution in [3.05, 3.63) is 35.4 Å². The van der Waals surface area contributed by atoms with Crippen molar-refractivity contribution in [2.75, 3.05) is 20.1 Å².